The molecule has 0 aliphatic carbocycles. The summed E-state index contributed by atoms with van der Waals surface area (Å²) in [5.41, 5.74) is -4.75. The highest BCUT2D eigenvalue weighted by molar-refractivity contribution is 5.82. The Morgan fingerprint density at radius 2 is 0.829 bits per heavy atom. The van der Waals surface area contributed by atoms with Crippen LogP contribution in [0.4, 0.5) is 0 Å². The van der Waals surface area contributed by atoms with Crippen LogP contribution in [0, 0.1) is 34.0 Å². The molecule has 0 aromatic carbocycles. The lowest BCUT2D eigenvalue weighted by molar-refractivity contribution is -0.160. The zero-order chi connectivity index (χ0) is 32.2. The summed E-state index contributed by atoms with van der Waals surface area (Å²) in [6, 6.07) is 0. The van der Waals surface area contributed by atoms with Gasteiger partial charge in [-0.25, -0.2) is 0 Å². The van der Waals surface area contributed by atoms with Crippen LogP contribution in [-0.4, -0.2) is 71.0 Å². The van der Waals surface area contributed by atoms with Crippen molar-refractivity contribution in [1.82, 2.24) is 0 Å². The SMILES string of the molecule is CCOC(=O)C(C)CC(C)(CC(CC(C)(CC(CC(C)(CC)C(=O)O)C(=O)OCC)C(=O)O)C(=O)OCC)C(=O)O. The van der Waals surface area contributed by atoms with Gasteiger partial charge >= 0.3 is 35.8 Å². The van der Waals surface area contributed by atoms with Crippen molar-refractivity contribution in [1.29, 1.82) is 0 Å². The first kappa shape index (κ1) is 37.8. The summed E-state index contributed by atoms with van der Waals surface area (Å²) in [5.74, 6) is -9.14. The lowest BCUT2D eigenvalue weighted by Crippen LogP contribution is -2.42. The number of ether oxygens (including phenoxy) is 3. The summed E-state index contributed by atoms with van der Waals surface area (Å²) >= 11 is 0. The largest absolute Gasteiger partial charge is 0.481 e. The second-order valence-electron chi connectivity index (χ2n) is 11.5. The number of esters is 3. The van der Waals surface area contributed by atoms with Gasteiger partial charge in [-0.15, -0.1) is 0 Å². The van der Waals surface area contributed by atoms with Crippen LogP contribution in [0.15, 0.2) is 0 Å². The first-order chi connectivity index (χ1) is 18.9. The van der Waals surface area contributed by atoms with Crippen molar-refractivity contribution >= 4 is 35.8 Å². The third kappa shape index (κ3) is 11.0. The van der Waals surface area contributed by atoms with E-state index in [2.05, 4.69) is 0 Å². The fourth-order valence-corrected chi connectivity index (χ4v) is 5.12. The molecule has 0 aromatic rings. The molecule has 0 spiro atoms. The fourth-order valence-electron chi connectivity index (χ4n) is 5.12. The predicted molar refractivity (Wildman–Crippen MR) is 147 cm³/mol. The smallest absolute Gasteiger partial charge is 0.309 e. The molecule has 0 fully saturated rings. The van der Waals surface area contributed by atoms with E-state index >= 15 is 0 Å². The fraction of sp³-hybridized carbons (Fsp3) is 0.793. The lowest BCUT2D eigenvalue weighted by Gasteiger charge is -2.36. The number of aliphatic carboxylic acids is 3. The lowest BCUT2D eigenvalue weighted by atomic mass is 9.67. The molecule has 3 N–H and O–H groups in total. The van der Waals surface area contributed by atoms with E-state index in [1.54, 1.807) is 27.7 Å². The van der Waals surface area contributed by atoms with E-state index in [-0.39, 0.29) is 51.9 Å². The summed E-state index contributed by atoms with van der Waals surface area (Å²) in [5, 5.41) is 30.2. The summed E-state index contributed by atoms with van der Waals surface area (Å²) < 4.78 is 15.3. The molecule has 0 rings (SSSR count). The molecule has 0 aromatic heterocycles. The molecule has 0 saturated heterocycles. The van der Waals surface area contributed by atoms with Crippen LogP contribution in [-0.2, 0) is 43.0 Å². The first-order valence-corrected chi connectivity index (χ1v) is 14.1. The summed E-state index contributed by atoms with van der Waals surface area (Å²) in [4.78, 5) is 75.3. The van der Waals surface area contributed by atoms with Crippen LogP contribution in [0.25, 0.3) is 0 Å². The molecule has 0 heterocycles. The Morgan fingerprint density at radius 3 is 1.12 bits per heavy atom. The topological polar surface area (TPSA) is 191 Å². The molecule has 0 amide bonds. The van der Waals surface area contributed by atoms with Gasteiger partial charge < -0.3 is 29.5 Å². The third-order valence-electron chi connectivity index (χ3n) is 7.80. The third-order valence-corrected chi connectivity index (χ3v) is 7.80. The molecule has 6 atom stereocenters. The van der Waals surface area contributed by atoms with Crippen molar-refractivity contribution < 1.29 is 58.3 Å². The van der Waals surface area contributed by atoms with Crippen molar-refractivity contribution in [3.63, 3.8) is 0 Å². The van der Waals surface area contributed by atoms with Gasteiger partial charge in [-0.3, -0.25) is 28.8 Å². The van der Waals surface area contributed by atoms with Crippen LogP contribution in [0.1, 0.15) is 93.9 Å². The maximum atomic E-state index is 13.1. The molecule has 0 bridgehead atoms. The highest BCUT2D eigenvalue weighted by atomic mass is 16.5. The average Bonchev–Trinajstić information content (AvgIpc) is 2.87. The predicted octanol–water partition coefficient (Wildman–Crippen LogP) is 4.18. The molecule has 0 aliphatic heterocycles. The Labute approximate surface area is 242 Å². The normalized spacial score (nSPS) is 17.9. The van der Waals surface area contributed by atoms with Crippen molar-refractivity contribution in [3.05, 3.63) is 0 Å². The van der Waals surface area contributed by atoms with Gasteiger partial charge in [-0.1, -0.05) is 13.8 Å². The number of carboxylic acid groups (broad SMARTS) is 3. The molecule has 0 aliphatic rings. The molecule has 6 unspecified atom stereocenters. The van der Waals surface area contributed by atoms with Gasteiger partial charge in [0.1, 0.15) is 0 Å². The Kier molecular flexibility index (Phi) is 15.0. The number of carboxylic acids is 3. The van der Waals surface area contributed by atoms with Gasteiger partial charge in [0.25, 0.3) is 0 Å². The minimum atomic E-state index is -1.77. The Hall–Kier alpha value is -3.18. The maximum Gasteiger partial charge on any atom is 0.309 e. The van der Waals surface area contributed by atoms with Crippen LogP contribution < -0.4 is 0 Å². The van der Waals surface area contributed by atoms with Crippen molar-refractivity contribution in [3.8, 4) is 0 Å². The number of hydrogen-bond acceptors (Lipinski definition) is 9. The standard InChI is InChI=1S/C29H48O12/c1-9-27(6,24(33)34)14-19(22(31)40-11-3)16-29(8,26(37)38)17-20(23(32)41-12-4)15-28(7,25(35)36)13-18(5)21(30)39-10-2/h18-20H,9-17H2,1-8H3,(H,33,34)(H,35,36)(H,37,38). The van der Waals surface area contributed by atoms with Crippen LogP contribution >= 0.6 is 0 Å². The van der Waals surface area contributed by atoms with E-state index in [0.29, 0.717) is 0 Å². The van der Waals surface area contributed by atoms with Gasteiger partial charge in [0.05, 0.1) is 53.8 Å². The monoisotopic (exact) mass is 588 g/mol. The highest BCUT2D eigenvalue weighted by Crippen LogP contribution is 2.44. The van der Waals surface area contributed by atoms with E-state index < -0.39 is 76.2 Å². The Balaban J connectivity index is 6.55. The highest BCUT2D eigenvalue weighted by Gasteiger charge is 2.48. The first-order valence-electron chi connectivity index (χ1n) is 14.1. The number of carbonyl (C=O) groups excluding carboxylic acids is 3. The van der Waals surface area contributed by atoms with Crippen molar-refractivity contribution in [2.24, 2.45) is 34.0 Å². The Morgan fingerprint density at radius 1 is 0.537 bits per heavy atom. The van der Waals surface area contributed by atoms with Gasteiger partial charge in [0, 0.05) is 0 Å². The molecule has 41 heavy (non-hydrogen) atoms. The zero-order valence-electron chi connectivity index (χ0n) is 25.6. The van der Waals surface area contributed by atoms with E-state index in [0.717, 1.165) is 0 Å². The quantitative estimate of drug-likeness (QED) is 0.136. The maximum absolute atomic E-state index is 13.1. The van der Waals surface area contributed by atoms with Gasteiger partial charge in [-0.05, 0) is 80.1 Å². The molecule has 12 nitrogen and oxygen atoms in total. The number of hydrogen-bond donors (Lipinski definition) is 3. The molecule has 0 saturated carbocycles. The zero-order valence-corrected chi connectivity index (χ0v) is 25.6. The summed E-state index contributed by atoms with van der Waals surface area (Å²) in [7, 11) is 0. The minimum Gasteiger partial charge on any atom is -0.481 e. The van der Waals surface area contributed by atoms with Crippen LogP contribution in [0.3, 0.4) is 0 Å². The van der Waals surface area contributed by atoms with Crippen molar-refractivity contribution in [2.75, 3.05) is 19.8 Å². The summed E-state index contributed by atoms with van der Waals surface area (Å²) in [6.45, 7) is 12.1. The van der Waals surface area contributed by atoms with Crippen LogP contribution in [0.2, 0.25) is 0 Å². The molecular formula is C29H48O12. The molecule has 236 valence electrons. The van der Waals surface area contributed by atoms with E-state index in [4.69, 9.17) is 14.2 Å². The number of rotatable bonds is 20. The van der Waals surface area contributed by atoms with E-state index in [1.165, 1.54) is 27.7 Å². The van der Waals surface area contributed by atoms with Gasteiger partial charge in [-0.2, -0.15) is 0 Å². The van der Waals surface area contributed by atoms with E-state index in [1.807, 2.05) is 0 Å². The number of carbonyl (C=O) groups is 6. The summed E-state index contributed by atoms with van der Waals surface area (Å²) in [6.07, 6.45) is -1.32. The minimum absolute atomic E-state index is 0.00387. The average molecular weight is 589 g/mol. The van der Waals surface area contributed by atoms with Crippen molar-refractivity contribution in [2.45, 2.75) is 93.9 Å². The molecular weight excluding hydrogens is 540 g/mol. The second-order valence-corrected chi connectivity index (χ2v) is 11.5. The van der Waals surface area contributed by atoms with Gasteiger partial charge in [0.15, 0.2) is 0 Å². The second kappa shape index (κ2) is 16.3. The molecule has 12 heteroatoms. The molecule has 0 radical (unpaired) electrons. The Bertz CT molecular complexity index is 946. The van der Waals surface area contributed by atoms with Gasteiger partial charge in [0.2, 0.25) is 0 Å². The van der Waals surface area contributed by atoms with E-state index in [9.17, 15) is 44.1 Å². The van der Waals surface area contributed by atoms with Crippen LogP contribution in [0.5, 0.6) is 0 Å².